The number of hydrogen-bond donors (Lipinski definition) is 1. The highest BCUT2D eigenvalue weighted by atomic mass is 35.5. The van der Waals surface area contributed by atoms with Gasteiger partial charge in [0.15, 0.2) is 0 Å². The number of halogens is 2. The number of methoxy groups -OCH3 is 1. The largest absolute Gasteiger partial charge is 0.497 e. The molecular weight excluding hydrogens is 597 g/mol. The van der Waals surface area contributed by atoms with Crippen molar-refractivity contribution >= 4 is 50.7 Å². The van der Waals surface area contributed by atoms with Crippen LogP contribution in [0.15, 0.2) is 72.8 Å². The van der Waals surface area contributed by atoms with Gasteiger partial charge in [0, 0.05) is 42.5 Å². The summed E-state index contributed by atoms with van der Waals surface area (Å²) in [5.41, 5.74) is 2.01. The Kier molecular flexibility index (Phi) is 12.5. The summed E-state index contributed by atoms with van der Waals surface area (Å²) in [5, 5.41) is 3.78. The molecule has 1 atom stereocenters. The number of nitrogens with zero attached hydrogens (tertiary/aromatic N) is 2. The summed E-state index contributed by atoms with van der Waals surface area (Å²) < 4.78 is 31.7. The molecule has 1 N–H and O–H groups in total. The van der Waals surface area contributed by atoms with Crippen molar-refractivity contribution in [1.29, 1.82) is 0 Å². The molecule has 0 bridgehead atoms. The summed E-state index contributed by atoms with van der Waals surface area (Å²) in [6.07, 6.45) is 2.42. The van der Waals surface area contributed by atoms with Crippen molar-refractivity contribution in [2.24, 2.45) is 0 Å². The van der Waals surface area contributed by atoms with Crippen LogP contribution in [0.25, 0.3) is 0 Å². The molecule has 3 aromatic carbocycles. The molecule has 0 fully saturated rings. The van der Waals surface area contributed by atoms with Gasteiger partial charge in [-0.15, -0.1) is 0 Å². The second kappa shape index (κ2) is 15.8. The maximum absolute atomic E-state index is 13.9. The number of anilines is 1. The van der Waals surface area contributed by atoms with Gasteiger partial charge in [0.2, 0.25) is 21.8 Å². The van der Waals surface area contributed by atoms with Gasteiger partial charge >= 0.3 is 0 Å². The molecular formula is C31H37Cl2N3O5S. The minimum Gasteiger partial charge on any atom is -0.497 e. The van der Waals surface area contributed by atoms with Gasteiger partial charge < -0.3 is 15.0 Å². The van der Waals surface area contributed by atoms with Crippen LogP contribution in [0.2, 0.25) is 10.0 Å². The van der Waals surface area contributed by atoms with Gasteiger partial charge in [-0.2, -0.15) is 0 Å². The van der Waals surface area contributed by atoms with Crippen LogP contribution in [0.3, 0.4) is 0 Å². The molecule has 0 aliphatic carbocycles. The minimum atomic E-state index is -3.62. The van der Waals surface area contributed by atoms with Crippen molar-refractivity contribution in [3.63, 3.8) is 0 Å². The fourth-order valence-electron chi connectivity index (χ4n) is 4.51. The molecule has 0 aliphatic rings. The van der Waals surface area contributed by atoms with Gasteiger partial charge in [-0.3, -0.25) is 13.9 Å². The molecule has 0 aromatic heterocycles. The van der Waals surface area contributed by atoms with Gasteiger partial charge in [-0.25, -0.2) is 8.42 Å². The van der Waals surface area contributed by atoms with E-state index < -0.39 is 16.1 Å². The number of hydrogen-bond acceptors (Lipinski definition) is 5. The van der Waals surface area contributed by atoms with Crippen molar-refractivity contribution in [3.05, 3.63) is 94.0 Å². The summed E-state index contributed by atoms with van der Waals surface area (Å²) in [4.78, 5) is 28.9. The van der Waals surface area contributed by atoms with Crippen LogP contribution in [-0.4, -0.2) is 57.6 Å². The smallest absolute Gasteiger partial charge is 0.243 e. The highest BCUT2D eigenvalue weighted by molar-refractivity contribution is 7.92. The highest BCUT2D eigenvalue weighted by Gasteiger charge is 2.31. The van der Waals surface area contributed by atoms with E-state index in [-0.39, 0.29) is 37.7 Å². The Balaban J connectivity index is 1.89. The maximum Gasteiger partial charge on any atom is 0.243 e. The predicted octanol–water partition coefficient (Wildman–Crippen LogP) is 5.71. The van der Waals surface area contributed by atoms with Gasteiger partial charge in [-0.1, -0.05) is 66.5 Å². The van der Waals surface area contributed by atoms with Crippen LogP contribution < -0.4 is 14.4 Å². The number of rotatable bonds is 15. The predicted molar refractivity (Wildman–Crippen MR) is 169 cm³/mol. The molecule has 0 heterocycles. The lowest BCUT2D eigenvalue weighted by Crippen LogP contribution is -2.50. The topological polar surface area (TPSA) is 96.0 Å². The molecule has 0 radical (unpaired) electrons. The fourth-order valence-corrected chi connectivity index (χ4v) is 5.94. The first-order chi connectivity index (χ1) is 20.0. The molecule has 226 valence electrons. The molecule has 42 heavy (non-hydrogen) atoms. The lowest BCUT2D eigenvalue weighted by Gasteiger charge is -2.32. The minimum absolute atomic E-state index is 0.0136. The molecule has 2 amide bonds. The molecule has 1 unspecified atom stereocenters. The van der Waals surface area contributed by atoms with Crippen molar-refractivity contribution in [2.45, 2.75) is 45.2 Å². The summed E-state index contributed by atoms with van der Waals surface area (Å²) in [6.45, 7) is 2.59. The van der Waals surface area contributed by atoms with E-state index in [4.69, 9.17) is 27.9 Å². The Morgan fingerprint density at radius 3 is 2.29 bits per heavy atom. The van der Waals surface area contributed by atoms with Crippen LogP contribution in [0.5, 0.6) is 5.75 Å². The Morgan fingerprint density at radius 2 is 1.69 bits per heavy atom. The third kappa shape index (κ3) is 9.64. The van der Waals surface area contributed by atoms with E-state index in [2.05, 4.69) is 5.32 Å². The van der Waals surface area contributed by atoms with Crippen LogP contribution in [0.1, 0.15) is 37.3 Å². The molecule has 0 spiro atoms. The fraction of sp³-hybridized carbons (Fsp3) is 0.355. The van der Waals surface area contributed by atoms with Gasteiger partial charge in [0.25, 0.3) is 0 Å². The van der Waals surface area contributed by atoms with E-state index in [0.29, 0.717) is 40.0 Å². The SMILES string of the molecule is CCCNC(=O)C(Cc1ccccc1)N(Cc1ccc(Cl)cc1Cl)C(=O)CCCN(c1ccc(OC)cc1)S(C)(=O)=O. The van der Waals surface area contributed by atoms with Crippen LogP contribution in [0.4, 0.5) is 5.69 Å². The van der Waals surface area contributed by atoms with E-state index in [1.54, 1.807) is 42.5 Å². The summed E-state index contributed by atoms with van der Waals surface area (Å²) in [5.74, 6) is 0.0385. The second-order valence-electron chi connectivity index (χ2n) is 9.89. The highest BCUT2D eigenvalue weighted by Crippen LogP contribution is 2.26. The summed E-state index contributed by atoms with van der Waals surface area (Å²) >= 11 is 12.6. The number of nitrogens with one attached hydrogen (secondary N) is 1. The third-order valence-electron chi connectivity index (χ3n) is 6.69. The summed E-state index contributed by atoms with van der Waals surface area (Å²) in [7, 11) is -2.09. The zero-order valence-electron chi connectivity index (χ0n) is 24.1. The first kappa shape index (κ1) is 33.2. The van der Waals surface area contributed by atoms with Crippen molar-refractivity contribution in [1.82, 2.24) is 10.2 Å². The van der Waals surface area contributed by atoms with Crippen LogP contribution in [0, 0.1) is 0 Å². The first-order valence-electron chi connectivity index (χ1n) is 13.7. The third-order valence-corrected chi connectivity index (χ3v) is 8.47. The second-order valence-corrected chi connectivity index (χ2v) is 12.6. The maximum atomic E-state index is 13.9. The number of benzene rings is 3. The Morgan fingerprint density at radius 1 is 1.00 bits per heavy atom. The number of carbonyl (C=O) groups excluding carboxylic acids is 2. The normalized spacial score (nSPS) is 11.9. The molecule has 0 saturated carbocycles. The van der Waals surface area contributed by atoms with Crippen LogP contribution >= 0.6 is 23.2 Å². The molecule has 3 rings (SSSR count). The number of sulfonamides is 1. The van der Waals surface area contributed by atoms with E-state index in [1.165, 1.54) is 16.3 Å². The first-order valence-corrected chi connectivity index (χ1v) is 16.3. The molecule has 3 aromatic rings. The quantitative estimate of drug-likeness (QED) is 0.231. The zero-order chi connectivity index (χ0) is 30.7. The van der Waals surface area contributed by atoms with Crippen molar-refractivity contribution in [2.75, 3.05) is 30.8 Å². The van der Waals surface area contributed by atoms with Gasteiger partial charge in [0.1, 0.15) is 11.8 Å². The molecule has 8 nitrogen and oxygen atoms in total. The van der Waals surface area contributed by atoms with Gasteiger partial charge in [0.05, 0.1) is 19.1 Å². The monoisotopic (exact) mass is 633 g/mol. The van der Waals surface area contributed by atoms with E-state index in [0.717, 1.165) is 18.2 Å². The lowest BCUT2D eigenvalue weighted by molar-refractivity contribution is -0.141. The average Bonchev–Trinajstić information content (AvgIpc) is 2.96. The van der Waals surface area contributed by atoms with Crippen molar-refractivity contribution < 1.29 is 22.7 Å². The molecule has 11 heteroatoms. The Hall–Kier alpha value is -3.27. The van der Waals surface area contributed by atoms with Crippen molar-refractivity contribution in [3.8, 4) is 5.75 Å². The summed E-state index contributed by atoms with van der Waals surface area (Å²) in [6, 6.07) is 20.4. The van der Waals surface area contributed by atoms with E-state index >= 15 is 0 Å². The van der Waals surface area contributed by atoms with E-state index in [1.807, 2.05) is 37.3 Å². The van der Waals surface area contributed by atoms with Crippen LogP contribution in [-0.2, 0) is 32.6 Å². The zero-order valence-corrected chi connectivity index (χ0v) is 26.4. The molecule has 0 saturated heterocycles. The Bertz CT molecular complexity index is 1440. The standard InChI is InChI=1S/C31H37Cl2N3O5S/c1-4-18-34-31(38)29(20-23-9-6-5-7-10-23)35(22-24-12-13-25(32)21-28(24)33)30(37)11-8-19-36(42(3,39)40)26-14-16-27(41-2)17-15-26/h5-7,9-10,12-17,21,29H,4,8,11,18-20,22H2,1-3H3,(H,34,38). The van der Waals surface area contributed by atoms with E-state index in [9.17, 15) is 18.0 Å². The number of carbonyl (C=O) groups is 2. The Labute approximate surface area is 258 Å². The lowest BCUT2D eigenvalue weighted by atomic mass is 10.0. The number of amides is 2. The van der Waals surface area contributed by atoms with Gasteiger partial charge in [-0.05, 0) is 60.4 Å². The average molecular weight is 635 g/mol. The number of ether oxygens (including phenoxy) is 1. The molecule has 0 aliphatic heterocycles.